The highest BCUT2D eigenvalue weighted by Crippen LogP contribution is 2.26. The molecular weight excluding hydrogens is 374 g/mol. The number of imidazole rings is 1. The Hall–Kier alpha value is -4.08. The number of carbonyl (C=O) groups excluding carboxylic acids is 1. The minimum Gasteiger partial charge on any atom is -0.395 e. The number of benzene rings is 2. The van der Waals surface area contributed by atoms with Gasteiger partial charge in [0.1, 0.15) is 22.4 Å². The van der Waals surface area contributed by atoms with Crippen LogP contribution in [0, 0.1) is 21.7 Å². The van der Waals surface area contributed by atoms with Gasteiger partial charge in [0.15, 0.2) is 5.76 Å². The number of carbonyl (C=O) groups is 1. The third kappa shape index (κ3) is 3.18. The molecule has 0 unspecified atom stereocenters. The lowest BCUT2D eigenvalue weighted by Gasteiger charge is -2.02. The van der Waals surface area contributed by atoms with E-state index in [4.69, 9.17) is 4.42 Å². The number of nitrogens with zero attached hydrogens (tertiary/aromatic N) is 2. The number of hydrogen-bond donors (Lipinski definition) is 2. The molecule has 0 aliphatic rings. The highest BCUT2D eigenvalue weighted by molar-refractivity contribution is 6.03. The summed E-state index contributed by atoms with van der Waals surface area (Å²) in [4.78, 5) is 29.1. The second-order valence-corrected chi connectivity index (χ2v) is 5.79. The van der Waals surface area contributed by atoms with E-state index in [9.17, 15) is 23.7 Å². The molecule has 4 aromatic rings. The Morgan fingerprint density at radius 3 is 2.71 bits per heavy atom. The van der Waals surface area contributed by atoms with Crippen LogP contribution < -0.4 is 5.32 Å². The number of rotatable bonds is 4. The smallest absolute Gasteiger partial charge is 0.395 e. The molecule has 2 aromatic heterocycles. The molecule has 0 saturated carbocycles. The number of aromatic nitrogens is 2. The summed E-state index contributed by atoms with van der Waals surface area (Å²) < 4.78 is 32.2. The van der Waals surface area contributed by atoms with Crippen molar-refractivity contribution in [2.75, 3.05) is 5.32 Å². The largest absolute Gasteiger partial charge is 0.433 e. The van der Waals surface area contributed by atoms with Crippen molar-refractivity contribution in [2.45, 2.75) is 0 Å². The van der Waals surface area contributed by atoms with Crippen LogP contribution in [0.4, 0.5) is 20.4 Å². The molecule has 2 N–H and O–H groups in total. The summed E-state index contributed by atoms with van der Waals surface area (Å²) in [5.41, 5.74) is 1.28. The van der Waals surface area contributed by atoms with Crippen LogP contribution in [-0.4, -0.2) is 20.8 Å². The van der Waals surface area contributed by atoms with E-state index in [-0.39, 0.29) is 17.1 Å². The molecule has 0 radical (unpaired) electrons. The maximum Gasteiger partial charge on any atom is 0.433 e. The number of H-pyrrole nitrogens is 1. The second-order valence-electron chi connectivity index (χ2n) is 5.79. The summed E-state index contributed by atoms with van der Waals surface area (Å²) in [6.45, 7) is 0. The number of nitro groups is 1. The predicted octanol–water partition coefficient (Wildman–Crippen LogP) is 4.26. The highest BCUT2D eigenvalue weighted by atomic mass is 19.1. The quantitative estimate of drug-likeness (QED) is 0.403. The van der Waals surface area contributed by atoms with Gasteiger partial charge in [-0.3, -0.25) is 14.9 Å². The Kier molecular flexibility index (Phi) is 4.07. The molecule has 0 bridgehead atoms. The lowest BCUT2D eigenvalue weighted by molar-refractivity contribution is -0.402. The molecule has 2 heterocycles. The fraction of sp³-hybridized carbons (Fsp3) is 0. The molecule has 0 saturated heterocycles. The topological polar surface area (TPSA) is 114 Å². The maximum absolute atomic E-state index is 13.9. The molecule has 0 atom stereocenters. The third-order valence-electron chi connectivity index (χ3n) is 3.92. The molecule has 0 spiro atoms. The minimum atomic E-state index is -0.749. The zero-order valence-corrected chi connectivity index (χ0v) is 13.9. The van der Waals surface area contributed by atoms with Gasteiger partial charge in [0, 0.05) is 5.69 Å². The first-order valence-electron chi connectivity index (χ1n) is 7.91. The number of nitrogens with one attached hydrogen (secondary N) is 2. The van der Waals surface area contributed by atoms with Crippen molar-refractivity contribution < 1.29 is 22.9 Å². The van der Waals surface area contributed by atoms with Crippen molar-refractivity contribution in [3.63, 3.8) is 0 Å². The summed E-state index contributed by atoms with van der Waals surface area (Å²) >= 11 is 0. The molecule has 10 heteroatoms. The van der Waals surface area contributed by atoms with Crippen molar-refractivity contribution >= 4 is 28.5 Å². The van der Waals surface area contributed by atoms with Crippen LogP contribution in [0.25, 0.3) is 22.4 Å². The van der Waals surface area contributed by atoms with Gasteiger partial charge in [-0.2, -0.15) is 0 Å². The summed E-state index contributed by atoms with van der Waals surface area (Å²) in [6, 6.07) is 9.97. The zero-order valence-electron chi connectivity index (χ0n) is 13.9. The number of furan rings is 1. The van der Waals surface area contributed by atoms with Gasteiger partial charge >= 0.3 is 5.88 Å². The second kappa shape index (κ2) is 6.58. The van der Waals surface area contributed by atoms with Gasteiger partial charge in [0.25, 0.3) is 5.91 Å². The van der Waals surface area contributed by atoms with E-state index >= 15 is 0 Å². The van der Waals surface area contributed by atoms with Crippen LogP contribution in [0.15, 0.2) is 52.9 Å². The number of anilines is 1. The Labute approximate surface area is 155 Å². The van der Waals surface area contributed by atoms with E-state index in [0.717, 1.165) is 24.3 Å². The van der Waals surface area contributed by atoms with Crippen molar-refractivity contribution in [1.29, 1.82) is 0 Å². The average Bonchev–Trinajstić information content (AvgIpc) is 3.30. The normalized spacial score (nSPS) is 10.9. The SMILES string of the molecule is O=C(Nc1ccc2nc(-c3cc(F)ccc3F)[nH]c2c1)c1ccc([N+](=O)[O-])o1. The Morgan fingerprint density at radius 2 is 1.96 bits per heavy atom. The van der Waals surface area contributed by atoms with Crippen molar-refractivity contribution in [1.82, 2.24) is 9.97 Å². The van der Waals surface area contributed by atoms with Gasteiger partial charge in [0.2, 0.25) is 0 Å². The average molecular weight is 384 g/mol. The van der Waals surface area contributed by atoms with Crippen molar-refractivity contribution in [3.05, 3.63) is 76.0 Å². The summed E-state index contributed by atoms with van der Waals surface area (Å²) in [6.07, 6.45) is 0. The first kappa shape index (κ1) is 17.3. The van der Waals surface area contributed by atoms with Crippen LogP contribution in [0.2, 0.25) is 0 Å². The molecule has 1 amide bonds. The summed E-state index contributed by atoms with van der Waals surface area (Å²) in [7, 11) is 0. The van der Waals surface area contributed by atoms with E-state index < -0.39 is 28.3 Å². The predicted molar refractivity (Wildman–Crippen MR) is 94.8 cm³/mol. The van der Waals surface area contributed by atoms with E-state index in [1.807, 2.05) is 0 Å². The van der Waals surface area contributed by atoms with Crippen LogP contribution >= 0.6 is 0 Å². The Balaban J connectivity index is 1.62. The van der Waals surface area contributed by atoms with E-state index in [2.05, 4.69) is 15.3 Å². The van der Waals surface area contributed by atoms with Crippen molar-refractivity contribution in [2.24, 2.45) is 0 Å². The number of aromatic amines is 1. The van der Waals surface area contributed by atoms with Crippen LogP contribution in [0.5, 0.6) is 0 Å². The minimum absolute atomic E-state index is 0.0234. The lowest BCUT2D eigenvalue weighted by atomic mass is 10.2. The van der Waals surface area contributed by atoms with Gasteiger partial charge in [0.05, 0.1) is 22.7 Å². The number of hydrogen-bond acceptors (Lipinski definition) is 5. The van der Waals surface area contributed by atoms with Gasteiger partial charge in [-0.15, -0.1) is 0 Å². The van der Waals surface area contributed by atoms with E-state index in [0.29, 0.717) is 16.7 Å². The highest BCUT2D eigenvalue weighted by Gasteiger charge is 2.18. The molecule has 0 aliphatic heterocycles. The first-order chi connectivity index (χ1) is 13.4. The molecule has 140 valence electrons. The summed E-state index contributed by atoms with van der Waals surface area (Å²) in [5, 5.41) is 13.2. The monoisotopic (exact) mass is 384 g/mol. The molecule has 0 aliphatic carbocycles. The fourth-order valence-electron chi connectivity index (χ4n) is 2.63. The summed E-state index contributed by atoms with van der Waals surface area (Å²) in [5.74, 6) is -2.54. The van der Waals surface area contributed by atoms with Crippen LogP contribution in [0.3, 0.4) is 0 Å². The molecule has 8 nitrogen and oxygen atoms in total. The molecule has 4 rings (SSSR count). The van der Waals surface area contributed by atoms with Crippen LogP contribution in [0.1, 0.15) is 10.6 Å². The number of halogens is 2. The van der Waals surface area contributed by atoms with Gasteiger partial charge in [-0.25, -0.2) is 13.8 Å². The van der Waals surface area contributed by atoms with Gasteiger partial charge < -0.3 is 14.7 Å². The first-order valence-corrected chi connectivity index (χ1v) is 7.91. The molecule has 2 aromatic carbocycles. The molecule has 28 heavy (non-hydrogen) atoms. The standard InChI is InChI=1S/C18H10F2N4O4/c19-9-1-3-12(20)11(7-9)17-22-13-4-2-10(8-14(13)23-17)21-18(25)15-5-6-16(28-15)24(26)27/h1-8H,(H,21,25)(H,22,23). The molecular formula is C18H10F2N4O4. The Morgan fingerprint density at radius 1 is 1.14 bits per heavy atom. The van der Waals surface area contributed by atoms with Crippen molar-refractivity contribution in [3.8, 4) is 11.4 Å². The van der Waals surface area contributed by atoms with E-state index in [1.54, 1.807) is 12.1 Å². The molecule has 0 fully saturated rings. The number of amides is 1. The van der Waals surface area contributed by atoms with Gasteiger partial charge in [-0.1, -0.05) is 0 Å². The maximum atomic E-state index is 13.9. The fourth-order valence-corrected chi connectivity index (χ4v) is 2.63. The number of fused-ring (bicyclic) bond motifs is 1. The van der Waals surface area contributed by atoms with Gasteiger partial charge in [-0.05, 0) is 42.5 Å². The van der Waals surface area contributed by atoms with E-state index in [1.165, 1.54) is 12.1 Å². The Bertz CT molecular complexity index is 1230. The van der Waals surface area contributed by atoms with Crippen LogP contribution in [-0.2, 0) is 0 Å². The third-order valence-corrected chi connectivity index (χ3v) is 3.92. The lowest BCUT2D eigenvalue weighted by Crippen LogP contribution is -2.10. The zero-order chi connectivity index (χ0) is 19.8.